The Balaban J connectivity index is 1.36. The Bertz CT molecular complexity index is 993. The zero-order valence-corrected chi connectivity index (χ0v) is 15.9. The molecule has 0 radical (unpaired) electrons. The Morgan fingerprint density at radius 2 is 2.04 bits per heavy atom. The number of amides is 1. The second-order valence-corrected chi connectivity index (χ2v) is 8.19. The van der Waals surface area contributed by atoms with Crippen molar-refractivity contribution in [3.8, 4) is 0 Å². The molecule has 2 aromatic carbocycles. The molecule has 1 atom stereocenters. The maximum atomic E-state index is 12.8. The van der Waals surface area contributed by atoms with E-state index >= 15 is 0 Å². The molecule has 6 heteroatoms. The highest BCUT2D eigenvalue weighted by Gasteiger charge is 2.24. The van der Waals surface area contributed by atoms with E-state index in [1.54, 1.807) is 11.3 Å². The second kappa shape index (κ2) is 6.94. The van der Waals surface area contributed by atoms with Crippen molar-refractivity contribution in [2.75, 3.05) is 31.1 Å². The van der Waals surface area contributed by atoms with E-state index in [0.717, 1.165) is 54.4 Å². The van der Waals surface area contributed by atoms with Gasteiger partial charge in [-0.2, -0.15) is 0 Å². The van der Waals surface area contributed by atoms with Gasteiger partial charge in [0, 0.05) is 31.7 Å². The number of benzene rings is 2. The summed E-state index contributed by atoms with van der Waals surface area (Å²) in [5.74, 6) is -0.00396. The number of hydrogen-bond acceptors (Lipinski definition) is 5. The summed E-state index contributed by atoms with van der Waals surface area (Å²) in [5, 5.41) is 7.63. The van der Waals surface area contributed by atoms with Crippen LogP contribution >= 0.6 is 11.3 Å². The number of thiazole rings is 1. The molecule has 1 saturated heterocycles. The molecular weight excluding hydrogens is 356 g/mol. The molecule has 1 aromatic heterocycles. The van der Waals surface area contributed by atoms with Gasteiger partial charge in [-0.05, 0) is 42.2 Å². The highest BCUT2D eigenvalue weighted by atomic mass is 32.1. The molecule has 2 heterocycles. The summed E-state index contributed by atoms with van der Waals surface area (Å²) in [6, 6.07) is 14.3. The van der Waals surface area contributed by atoms with Crippen molar-refractivity contribution in [2.45, 2.75) is 18.9 Å². The summed E-state index contributed by atoms with van der Waals surface area (Å²) in [4.78, 5) is 19.9. The molecule has 27 heavy (non-hydrogen) atoms. The summed E-state index contributed by atoms with van der Waals surface area (Å²) in [7, 11) is 0. The van der Waals surface area contributed by atoms with Crippen LogP contribution in [0, 0.1) is 0 Å². The minimum Gasteiger partial charge on any atom is -0.346 e. The lowest BCUT2D eigenvalue weighted by atomic mass is 10.1. The molecule has 0 spiro atoms. The molecule has 0 unspecified atom stereocenters. The first-order valence-electron chi connectivity index (χ1n) is 9.53. The van der Waals surface area contributed by atoms with Crippen LogP contribution in [0.4, 0.5) is 5.13 Å². The van der Waals surface area contributed by atoms with Crippen molar-refractivity contribution in [1.82, 2.24) is 15.6 Å². The van der Waals surface area contributed by atoms with Crippen LogP contribution in [0.25, 0.3) is 10.2 Å². The third kappa shape index (κ3) is 3.19. The van der Waals surface area contributed by atoms with E-state index < -0.39 is 0 Å². The van der Waals surface area contributed by atoms with Crippen molar-refractivity contribution in [3.05, 3.63) is 59.2 Å². The van der Waals surface area contributed by atoms with Crippen LogP contribution in [-0.2, 0) is 6.42 Å². The number of fused-ring (bicyclic) bond motifs is 2. The number of carbonyl (C=O) groups excluding carboxylic acids is 1. The minimum absolute atomic E-state index is 0.00396. The molecular formula is C21H22N4OS. The van der Waals surface area contributed by atoms with Gasteiger partial charge in [0.2, 0.25) is 0 Å². The number of carbonyl (C=O) groups is 1. The second-order valence-electron chi connectivity index (χ2n) is 7.18. The molecule has 0 saturated carbocycles. The molecule has 1 fully saturated rings. The van der Waals surface area contributed by atoms with Gasteiger partial charge in [-0.15, -0.1) is 0 Å². The fourth-order valence-electron chi connectivity index (χ4n) is 3.99. The van der Waals surface area contributed by atoms with Crippen LogP contribution in [0.15, 0.2) is 42.5 Å². The quantitative estimate of drug-likeness (QED) is 0.735. The molecule has 3 aromatic rings. The largest absolute Gasteiger partial charge is 0.346 e. The van der Waals surface area contributed by atoms with Crippen molar-refractivity contribution in [3.63, 3.8) is 0 Å². The topological polar surface area (TPSA) is 57.3 Å². The lowest BCUT2D eigenvalue weighted by Gasteiger charge is -2.26. The zero-order chi connectivity index (χ0) is 18.2. The average Bonchev–Trinajstić information content (AvgIpc) is 3.32. The van der Waals surface area contributed by atoms with Gasteiger partial charge in [-0.25, -0.2) is 4.98 Å². The Labute approximate surface area is 162 Å². The zero-order valence-electron chi connectivity index (χ0n) is 15.1. The average molecular weight is 379 g/mol. The molecule has 5 nitrogen and oxygen atoms in total. The third-order valence-corrected chi connectivity index (χ3v) is 6.54. The van der Waals surface area contributed by atoms with Crippen LogP contribution in [0.3, 0.4) is 0 Å². The van der Waals surface area contributed by atoms with Gasteiger partial charge in [-0.1, -0.05) is 35.6 Å². The van der Waals surface area contributed by atoms with Crippen LogP contribution in [0.2, 0.25) is 0 Å². The predicted octanol–water partition coefficient (Wildman–Crippen LogP) is 3.12. The van der Waals surface area contributed by atoms with Gasteiger partial charge in [0.15, 0.2) is 5.13 Å². The number of nitrogens with zero attached hydrogens (tertiary/aromatic N) is 2. The van der Waals surface area contributed by atoms with Crippen molar-refractivity contribution < 1.29 is 4.79 Å². The Morgan fingerprint density at radius 1 is 1.19 bits per heavy atom. The highest BCUT2D eigenvalue weighted by Crippen LogP contribution is 2.32. The van der Waals surface area contributed by atoms with E-state index in [4.69, 9.17) is 4.98 Å². The van der Waals surface area contributed by atoms with Crippen LogP contribution in [-0.4, -0.2) is 37.1 Å². The summed E-state index contributed by atoms with van der Waals surface area (Å²) in [6.45, 7) is 3.95. The number of piperazine rings is 1. The summed E-state index contributed by atoms with van der Waals surface area (Å²) < 4.78 is 1.07. The molecule has 2 N–H and O–H groups in total. The van der Waals surface area contributed by atoms with Crippen LogP contribution < -0.4 is 15.5 Å². The van der Waals surface area contributed by atoms with Gasteiger partial charge in [-0.3, -0.25) is 4.79 Å². The maximum absolute atomic E-state index is 12.8. The fraction of sp³-hybridized carbons (Fsp3) is 0.333. The Morgan fingerprint density at radius 3 is 2.93 bits per heavy atom. The third-order valence-electron chi connectivity index (χ3n) is 5.47. The Kier molecular flexibility index (Phi) is 4.30. The SMILES string of the molecule is O=C(N[C@@H]1CCc2ccccc21)c1ccc2nc(N3CCNCC3)sc2c1. The smallest absolute Gasteiger partial charge is 0.251 e. The number of anilines is 1. The minimum atomic E-state index is -0.00396. The molecule has 1 aliphatic heterocycles. The van der Waals surface area contributed by atoms with E-state index in [1.807, 2.05) is 24.3 Å². The summed E-state index contributed by atoms with van der Waals surface area (Å²) in [5.41, 5.74) is 4.28. The maximum Gasteiger partial charge on any atom is 0.251 e. The standard InChI is InChI=1S/C21H22N4OS/c26-20(23-17-7-5-14-3-1-2-4-16(14)17)15-6-8-18-19(13-15)27-21(24-18)25-11-9-22-10-12-25/h1-4,6,8,13,17,22H,5,7,9-12H2,(H,23,26)/t17-/m1/s1. The normalized spacial score (nSPS) is 19.3. The highest BCUT2D eigenvalue weighted by molar-refractivity contribution is 7.22. The van der Waals surface area contributed by atoms with E-state index in [1.165, 1.54) is 11.1 Å². The van der Waals surface area contributed by atoms with Crippen LogP contribution in [0.5, 0.6) is 0 Å². The number of hydrogen-bond donors (Lipinski definition) is 2. The first-order chi connectivity index (χ1) is 13.3. The van der Waals surface area contributed by atoms with E-state index in [-0.39, 0.29) is 11.9 Å². The molecule has 1 aliphatic carbocycles. The van der Waals surface area contributed by atoms with E-state index in [0.29, 0.717) is 5.56 Å². The molecule has 5 rings (SSSR count). The van der Waals surface area contributed by atoms with E-state index in [2.05, 4.69) is 33.7 Å². The Hall–Kier alpha value is -2.44. The van der Waals surface area contributed by atoms with Gasteiger partial charge in [0.1, 0.15) is 0 Å². The molecule has 138 valence electrons. The first-order valence-corrected chi connectivity index (χ1v) is 10.3. The number of aryl methyl sites for hydroxylation is 1. The van der Waals surface area contributed by atoms with Crippen molar-refractivity contribution in [2.24, 2.45) is 0 Å². The van der Waals surface area contributed by atoms with Gasteiger partial charge in [0.05, 0.1) is 16.3 Å². The first kappa shape index (κ1) is 16.7. The van der Waals surface area contributed by atoms with Crippen molar-refractivity contribution >= 4 is 32.6 Å². The lowest BCUT2D eigenvalue weighted by molar-refractivity contribution is 0.0937. The number of nitrogens with one attached hydrogen (secondary N) is 2. The lowest BCUT2D eigenvalue weighted by Crippen LogP contribution is -2.43. The predicted molar refractivity (Wildman–Crippen MR) is 110 cm³/mol. The molecule has 0 bridgehead atoms. The van der Waals surface area contributed by atoms with Crippen LogP contribution in [0.1, 0.15) is 33.9 Å². The summed E-state index contributed by atoms with van der Waals surface area (Å²) >= 11 is 1.67. The summed E-state index contributed by atoms with van der Waals surface area (Å²) in [6.07, 6.45) is 2.00. The monoisotopic (exact) mass is 378 g/mol. The van der Waals surface area contributed by atoms with E-state index in [9.17, 15) is 4.79 Å². The molecule has 2 aliphatic rings. The molecule has 1 amide bonds. The number of rotatable bonds is 3. The van der Waals surface area contributed by atoms with Gasteiger partial charge >= 0.3 is 0 Å². The van der Waals surface area contributed by atoms with Gasteiger partial charge in [0.25, 0.3) is 5.91 Å². The number of aromatic nitrogens is 1. The fourth-order valence-corrected chi connectivity index (χ4v) is 5.05. The van der Waals surface area contributed by atoms with Gasteiger partial charge < -0.3 is 15.5 Å². The van der Waals surface area contributed by atoms with Crippen molar-refractivity contribution in [1.29, 1.82) is 0 Å².